The average molecular weight is 339 g/mol. The number of nitriles is 1. The molecule has 3 fully saturated rings. The second-order valence-corrected chi connectivity index (χ2v) is 10.0. The minimum absolute atomic E-state index is 0.0209. The lowest BCUT2D eigenvalue weighted by Crippen LogP contribution is -2.57. The van der Waals surface area contributed by atoms with E-state index >= 15 is 0 Å². The van der Waals surface area contributed by atoms with Crippen molar-refractivity contribution in [2.45, 2.75) is 66.2 Å². The van der Waals surface area contributed by atoms with E-state index in [1.165, 1.54) is 0 Å². The lowest BCUT2D eigenvalue weighted by molar-refractivity contribution is -0.145. The lowest BCUT2D eigenvalue weighted by Gasteiger charge is -2.61. The summed E-state index contributed by atoms with van der Waals surface area (Å²) in [5, 5.41) is 9.54. The highest BCUT2D eigenvalue weighted by Gasteiger charge is 2.63. The Morgan fingerprint density at radius 1 is 1.04 bits per heavy atom. The zero-order chi connectivity index (χ0) is 18.2. The molecule has 0 aliphatic heterocycles. The molecule has 0 bridgehead atoms. The van der Waals surface area contributed by atoms with Gasteiger partial charge in [0.15, 0.2) is 5.78 Å². The van der Waals surface area contributed by atoms with Crippen LogP contribution in [0.1, 0.15) is 66.2 Å². The van der Waals surface area contributed by atoms with E-state index in [2.05, 4.69) is 19.9 Å². The van der Waals surface area contributed by atoms with Crippen molar-refractivity contribution in [2.24, 2.45) is 39.9 Å². The molecule has 0 aromatic heterocycles. The molecule has 25 heavy (non-hydrogen) atoms. The van der Waals surface area contributed by atoms with Crippen LogP contribution in [0.3, 0.4) is 0 Å². The molecule has 0 aromatic rings. The first kappa shape index (κ1) is 17.0. The second-order valence-electron chi connectivity index (χ2n) is 10.0. The minimum Gasteiger partial charge on any atom is -0.299 e. The van der Waals surface area contributed by atoms with Crippen molar-refractivity contribution in [3.05, 3.63) is 11.6 Å². The summed E-state index contributed by atoms with van der Waals surface area (Å²) in [5.74, 6) is 2.34. The van der Waals surface area contributed by atoms with Gasteiger partial charge in [0.25, 0.3) is 0 Å². The smallest absolute Gasteiger partial charge is 0.178 e. The van der Waals surface area contributed by atoms with Gasteiger partial charge in [-0.3, -0.25) is 9.59 Å². The normalized spacial score (nSPS) is 48.0. The molecule has 0 heterocycles. The van der Waals surface area contributed by atoms with E-state index in [0.29, 0.717) is 35.0 Å². The van der Waals surface area contributed by atoms with E-state index in [1.54, 1.807) is 0 Å². The quantitative estimate of drug-likeness (QED) is 0.654. The maximum Gasteiger partial charge on any atom is 0.178 e. The van der Waals surface area contributed by atoms with Crippen LogP contribution in [-0.4, -0.2) is 11.6 Å². The summed E-state index contributed by atoms with van der Waals surface area (Å²) in [7, 11) is 0. The molecule has 3 nitrogen and oxygen atoms in total. The number of carbonyl (C=O) groups excluding carboxylic acids is 2. The van der Waals surface area contributed by atoms with Crippen LogP contribution in [0.15, 0.2) is 11.6 Å². The van der Waals surface area contributed by atoms with E-state index < -0.39 is 5.41 Å². The number of hydrogen-bond donors (Lipinski definition) is 0. The zero-order valence-corrected chi connectivity index (χ0v) is 15.9. The molecule has 4 rings (SSSR count). The topological polar surface area (TPSA) is 57.9 Å². The average Bonchev–Trinajstić information content (AvgIpc) is 2.86. The first-order valence-electron chi connectivity index (χ1n) is 9.87. The van der Waals surface area contributed by atoms with Crippen molar-refractivity contribution in [3.8, 4) is 6.07 Å². The van der Waals surface area contributed by atoms with Gasteiger partial charge in [0.2, 0.25) is 0 Å². The minimum atomic E-state index is -0.466. The van der Waals surface area contributed by atoms with Crippen LogP contribution in [0.4, 0.5) is 0 Å². The highest BCUT2D eigenvalue weighted by atomic mass is 16.1. The summed E-state index contributed by atoms with van der Waals surface area (Å²) in [4.78, 5) is 25.3. The number of carbonyl (C=O) groups is 2. The maximum absolute atomic E-state index is 12.8. The van der Waals surface area contributed by atoms with Crippen LogP contribution >= 0.6 is 0 Å². The zero-order valence-electron chi connectivity index (χ0n) is 15.9. The van der Waals surface area contributed by atoms with Gasteiger partial charge in [0.05, 0.1) is 5.57 Å². The molecule has 134 valence electrons. The third-order valence-corrected chi connectivity index (χ3v) is 8.76. The third kappa shape index (κ3) is 1.97. The SMILES string of the molecule is CC1(C)C(=O)C(C#N)=C[C@]2(C)C3CC[C@]4(C)C(=O)CCC4C3CCC12. The van der Waals surface area contributed by atoms with Crippen molar-refractivity contribution >= 4 is 11.6 Å². The number of rotatable bonds is 0. The highest BCUT2D eigenvalue weighted by Crippen LogP contribution is 2.66. The van der Waals surface area contributed by atoms with Crippen molar-refractivity contribution in [2.75, 3.05) is 0 Å². The predicted molar refractivity (Wildman–Crippen MR) is 95.4 cm³/mol. The number of Topliss-reactive ketones (excluding diaryl/α,β-unsaturated/α-hetero) is 2. The Morgan fingerprint density at radius 3 is 2.44 bits per heavy atom. The summed E-state index contributed by atoms with van der Waals surface area (Å²) < 4.78 is 0. The van der Waals surface area contributed by atoms with Gasteiger partial charge in [-0.2, -0.15) is 5.26 Å². The molecule has 0 saturated heterocycles. The molecular weight excluding hydrogens is 310 g/mol. The summed E-state index contributed by atoms with van der Waals surface area (Å²) in [6.07, 6.45) is 8.00. The Kier molecular flexibility index (Phi) is 3.44. The molecule has 4 unspecified atom stereocenters. The number of nitrogens with zero attached hydrogens (tertiary/aromatic N) is 1. The van der Waals surface area contributed by atoms with Crippen LogP contribution in [0.5, 0.6) is 0 Å². The Bertz CT molecular complexity index is 727. The Hall–Kier alpha value is -1.43. The predicted octanol–water partition coefficient (Wildman–Crippen LogP) is 4.47. The van der Waals surface area contributed by atoms with Gasteiger partial charge >= 0.3 is 0 Å². The third-order valence-electron chi connectivity index (χ3n) is 8.76. The fourth-order valence-corrected chi connectivity index (χ4v) is 7.47. The fraction of sp³-hybridized carbons (Fsp3) is 0.773. The highest BCUT2D eigenvalue weighted by molar-refractivity contribution is 6.04. The van der Waals surface area contributed by atoms with Gasteiger partial charge < -0.3 is 0 Å². The number of ketones is 2. The molecule has 6 atom stereocenters. The van der Waals surface area contributed by atoms with Crippen LogP contribution in [0.25, 0.3) is 0 Å². The number of fused-ring (bicyclic) bond motifs is 5. The Morgan fingerprint density at radius 2 is 1.76 bits per heavy atom. The molecule has 0 aromatic carbocycles. The number of hydrogen-bond acceptors (Lipinski definition) is 3. The lowest BCUT2D eigenvalue weighted by atomic mass is 9.42. The molecule has 4 aliphatic carbocycles. The summed E-state index contributed by atoms with van der Waals surface area (Å²) in [6, 6.07) is 2.18. The van der Waals surface area contributed by atoms with Crippen molar-refractivity contribution in [1.82, 2.24) is 0 Å². The van der Waals surface area contributed by atoms with E-state index in [4.69, 9.17) is 0 Å². The molecule has 3 heteroatoms. The first-order chi connectivity index (χ1) is 11.7. The van der Waals surface area contributed by atoms with Crippen LogP contribution < -0.4 is 0 Å². The molecule has 0 N–H and O–H groups in total. The Balaban J connectivity index is 1.79. The van der Waals surface area contributed by atoms with Crippen molar-refractivity contribution < 1.29 is 9.59 Å². The van der Waals surface area contributed by atoms with Crippen LogP contribution in [-0.2, 0) is 9.59 Å². The molecule has 0 amide bonds. The van der Waals surface area contributed by atoms with Gasteiger partial charge in [-0.15, -0.1) is 0 Å². The van der Waals surface area contributed by atoms with Crippen molar-refractivity contribution in [1.29, 1.82) is 5.26 Å². The van der Waals surface area contributed by atoms with Gasteiger partial charge in [0.1, 0.15) is 11.9 Å². The van der Waals surface area contributed by atoms with Crippen molar-refractivity contribution in [3.63, 3.8) is 0 Å². The van der Waals surface area contributed by atoms with E-state index in [1.807, 2.05) is 19.9 Å². The summed E-state index contributed by atoms with van der Waals surface area (Å²) in [5.41, 5.74) is -0.323. The largest absolute Gasteiger partial charge is 0.299 e. The molecule has 3 saturated carbocycles. The molecule has 0 spiro atoms. The second kappa shape index (κ2) is 5.06. The molecule has 4 aliphatic rings. The van der Waals surface area contributed by atoms with Gasteiger partial charge in [-0.1, -0.05) is 33.8 Å². The molecular formula is C22H29NO2. The van der Waals surface area contributed by atoms with Gasteiger partial charge in [0, 0.05) is 17.3 Å². The van der Waals surface area contributed by atoms with Gasteiger partial charge in [-0.25, -0.2) is 0 Å². The number of allylic oxidation sites excluding steroid dienone is 2. The maximum atomic E-state index is 12.8. The van der Waals surface area contributed by atoms with E-state index in [0.717, 1.165) is 38.5 Å². The Labute approximate surface area is 150 Å². The first-order valence-corrected chi connectivity index (χ1v) is 9.87. The van der Waals surface area contributed by atoms with Crippen LogP contribution in [0.2, 0.25) is 0 Å². The van der Waals surface area contributed by atoms with E-state index in [9.17, 15) is 14.9 Å². The summed E-state index contributed by atoms with van der Waals surface area (Å²) in [6.45, 7) is 8.56. The monoisotopic (exact) mass is 339 g/mol. The van der Waals surface area contributed by atoms with Crippen LogP contribution in [0, 0.1) is 51.2 Å². The van der Waals surface area contributed by atoms with E-state index in [-0.39, 0.29) is 16.6 Å². The standard InChI is InChI=1S/C22H29NO2/c1-20(2)17-7-5-14-15-6-8-18(24)21(15,3)10-9-16(14)22(17,4)11-13(12-23)19(20)25/h11,14-17H,5-10H2,1-4H3/t14?,15?,16?,17?,21-,22+/m0/s1. The molecule has 0 radical (unpaired) electrons. The van der Waals surface area contributed by atoms with Gasteiger partial charge in [-0.05, 0) is 61.2 Å². The summed E-state index contributed by atoms with van der Waals surface area (Å²) >= 11 is 0. The fourth-order valence-electron chi connectivity index (χ4n) is 7.47.